The third kappa shape index (κ3) is 6.48. The number of hydrogen-bond donors (Lipinski definition) is 2. The van der Waals surface area contributed by atoms with Crippen LogP contribution < -0.4 is 5.32 Å². The van der Waals surface area contributed by atoms with Gasteiger partial charge in [0.15, 0.2) is 0 Å². The van der Waals surface area contributed by atoms with Crippen LogP contribution in [0.15, 0.2) is 0 Å². The number of hydrogen-bond acceptors (Lipinski definition) is 4. The number of carboxylic acids is 1. The van der Waals surface area contributed by atoms with Gasteiger partial charge in [-0.3, -0.25) is 9.59 Å². The van der Waals surface area contributed by atoms with E-state index in [0.29, 0.717) is 6.42 Å². The molecule has 0 aliphatic rings. The number of rotatable bonds is 6. The predicted octanol–water partition coefficient (Wildman–Crippen LogP) is -0.0810. The molecule has 0 spiro atoms. The van der Waals surface area contributed by atoms with Crippen molar-refractivity contribution in [1.29, 1.82) is 0 Å². The van der Waals surface area contributed by atoms with Crippen molar-refractivity contribution in [2.75, 3.05) is 7.11 Å². The SMILES string of the molecule is COC(=O)CCC[C@H](NC(C)=O)C(=O)O. The number of carbonyl (C=O) groups excluding carboxylic acids is 2. The molecule has 0 aromatic heterocycles. The molecule has 1 atom stereocenters. The Morgan fingerprint density at radius 2 is 2.00 bits per heavy atom. The van der Waals surface area contributed by atoms with Gasteiger partial charge in [0.05, 0.1) is 7.11 Å². The van der Waals surface area contributed by atoms with Crippen molar-refractivity contribution in [2.45, 2.75) is 32.2 Å². The van der Waals surface area contributed by atoms with E-state index in [4.69, 9.17) is 5.11 Å². The Kier molecular flexibility index (Phi) is 6.08. The molecule has 0 fully saturated rings. The van der Waals surface area contributed by atoms with Gasteiger partial charge in [-0.1, -0.05) is 0 Å². The fourth-order valence-electron chi connectivity index (χ4n) is 1.06. The van der Waals surface area contributed by atoms with Crippen LogP contribution in [0.5, 0.6) is 0 Å². The van der Waals surface area contributed by atoms with Gasteiger partial charge in [-0.05, 0) is 12.8 Å². The predicted molar refractivity (Wildman–Crippen MR) is 51.1 cm³/mol. The smallest absolute Gasteiger partial charge is 0.326 e. The van der Waals surface area contributed by atoms with Crippen molar-refractivity contribution < 1.29 is 24.2 Å². The molecule has 0 aromatic carbocycles. The quantitative estimate of drug-likeness (QED) is 0.607. The van der Waals surface area contributed by atoms with Crippen LogP contribution in [0.2, 0.25) is 0 Å². The van der Waals surface area contributed by atoms with Crippen molar-refractivity contribution in [3.05, 3.63) is 0 Å². The van der Waals surface area contributed by atoms with E-state index in [1.54, 1.807) is 0 Å². The summed E-state index contributed by atoms with van der Waals surface area (Å²) in [5.41, 5.74) is 0. The second kappa shape index (κ2) is 6.80. The van der Waals surface area contributed by atoms with Crippen molar-refractivity contribution in [3.8, 4) is 0 Å². The number of amides is 1. The highest BCUT2D eigenvalue weighted by atomic mass is 16.5. The molecular formula is C9H15NO5. The summed E-state index contributed by atoms with van der Waals surface area (Å²) >= 11 is 0. The van der Waals surface area contributed by atoms with E-state index >= 15 is 0 Å². The molecule has 0 saturated carbocycles. The lowest BCUT2D eigenvalue weighted by Gasteiger charge is -2.12. The maximum absolute atomic E-state index is 10.7. The third-order valence-electron chi connectivity index (χ3n) is 1.78. The minimum Gasteiger partial charge on any atom is -0.480 e. The van der Waals surface area contributed by atoms with E-state index in [-0.39, 0.29) is 18.8 Å². The number of esters is 1. The van der Waals surface area contributed by atoms with Gasteiger partial charge in [-0.25, -0.2) is 4.79 Å². The normalized spacial score (nSPS) is 11.6. The van der Waals surface area contributed by atoms with E-state index in [2.05, 4.69) is 10.1 Å². The van der Waals surface area contributed by atoms with Gasteiger partial charge in [0.2, 0.25) is 5.91 Å². The van der Waals surface area contributed by atoms with Crippen LogP contribution >= 0.6 is 0 Å². The first-order valence-corrected chi connectivity index (χ1v) is 4.54. The average molecular weight is 217 g/mol. The molecule has 15 heavy (non-hydrogen) atoms. The minimum absolute atomic E-state index is 0.153. The molecule has 0 rings (SSSR count). The van der Waals surface area contributed by atoms with Gasteiger partial charge in [0.25, 0.3) is 0 Å². The van der Waals surface area contributed by atoms with Crippen molar-refractivity contribution in [3.63, 3.8) is 0 Å². The Labute approximate surface area is 87.6 Å². The average Bonchev–Trinajstić information content (AvgIpc) is 2.15. The Morgan fingerprint density at radius 3 is 2.40 bits per heavy atom. The maximum Gasteiger partial charge on any atom is 0.326 e. The van der Waals surface area contributed by atoms with E-state index in [9.17, 15) is 14.4 Å². The van der Waals surface area contributed by atoms with Gasteiger partial charge < -0.3 is 15.2 Å². The summed E-state index contributed by atoms with van der Waals surface area (Å²) in [4.78, 5) is 32.0. The van der Waals surface area contributed by atoms with E-state index in [1.807, 2.05) is 0 Å². The van der Waals surface area contributed by atoms with Crippen LogP contribution in [-0.2, 0) is 19.1 Å². The van der Waals surface area contributed by atoms with Crippen LogP contribution in [0.4, 0.5) is 0 Å². The highest BCUT2D eigenvalue weighted by Gasteiger charge is 2.18. The Hall–Kier alpha value is -1.59. The van der Waals surface area contributed by atoms with Crippen LogP contribution in [0.25, 0.3) is 0 Å². The molecule has 6 nitrogen and oxygen atoms in total. The lowest BCUT2D eigenvalue weighted by molar-refractivity contribution is -0.143. The second-order valence-electron chi connectivity index (χ2n) is 3.06. The molecule has 0 aliphatic heterocycles. The first-order chi connectivity index (χ1) is 6.97. The summed E-state index contributed by atoms with van der Waals surface area (Å²) in [5.74, 6) is -1.89. The van der Waals surface area contributed by atoms with Gasteiger partial charge in [0.1, 0.15) is 6.04 Å². The molecule has 2 N–H and O–H groups in total. The molecule has 86 valence electrons. The number of nitrogens with one attached hydrogen (secondary N) is 1. The summed E-state index contributed by atoms with van der Waals surface area (Å²) in [5, 5.41) is 11.0. The molecule has 0 aliphatic carbocycles. The van der Waals surface area contributed by atoms with E-state index < -0.39 is 17.9 Å². The lowest BCUT2D eigenvalue weighted by Crippen LogP contribution is -2.39. The third-order valence-corrected chi connectivity index (χ3v) is 1.78. The largest absolute Gasteiger partial charge is 0.480 e. The summed E-state index contributed by atoms with van der Waals surface area (Å²) < 4.78 is 4.40. The molecular weight excluding hydrogens is 202 g/mol. The molecule has 6 heteroatoms. The van der Waals surface area contributed by atoms with Gasteiger partial charge in [-0.15, -0.1) is 0 Å². The molecule has 0 saturated heterocycles. The summed E-state index contributed by atoms with van der Waals surface area (Å²) in [6, 6.07) is -0.938. The second-order valence-corrected chi connectivity index (χ2v) is 3.06. The standard InChI is InChI=1S/C9H15NO5/c1-6(11)10-7(9(13)14)4-3-5-8(12)15-2/h7H,3-5H2,1-2H3,(H,10,11)(H,13,14)/t7-/m0/s1. The minimum atomic E-state index is -1.10. The summed E-state index contributed by atoms with van der Waals surface area (Å²) in [6.45, 7) is 1.25. The van der Waals surface area contributed by atoms with Crippen molar-refractivity contribution in [2.24, 2.45) is 0 Å². The highest BCUT2D eigenvalue weighted by Crippen LogP contribution is 2.02. The topological polar surface area (TPSA) is 92.7 Å². The van der Waals surface area contributed by atoms with Crippen LogP contribution in [-0.4, -0.2) is 36.1 Å². The van der Waals surface area contributed by atoms with Crippen LogP contribution in [0.1, 0.15) is 26.2 Å². The highest BCUT2D eigenvalue weighted by molar-refractivity contribution is 5.82. The Morgan fingerprint density at radius 1 is 1.40 bits per heavy atom. The number of methoxy groups -OCH3 is 1. The molecule has 0 bridgehead atoms. The Balaban J connectivity index is 3.91. The molecule has 0 heterocycles. The van der Waals surface area contributed by atoms with Gasteiger partial charge in [0, 0.05) is 13.3 Å². The van der Waals surface area contributed by atoms with Crippen molar-refractivity contribution >= 4 is 17.8 Å². The van der Waals surface area contributed by atoms with Crippen LogP contribution in [0, 0.1) is 0 Å². The molecule has 0 aromatic rings. The molecule has 0 radical (unpaired) electrons. The van der Waals surface area contributed by atoms with Crippen molar-refractivity contribution in [1.82, 2.24) is 5.32 Å². The lowest BCUT2D eigenvalue weighted by atomic mass is 10.1. The summed E-state index contributed by atoms with van der Waals surface area (Å²) in [6.07, 6.45) is 0.730. The zero-order chi connectivity index (χ0) is 11.8. The number of carbonyl (C=O) groups is 3. The number of carboxylic acid groups (broad SMARTS) is 1. The maximum atomic E-state index is 10.7. The Bertz CT molecular complexity index is 251. The zero-order valence-electron chi connectivity index (χ0n) is 8.78. The number of ether oxygens (including phenoxy) is 1. The fraction of sp³-hybridized carbons (Fsp3) is 0.667. The first kappa shape index (κ1) is 13.4. The van der Waals surface area contributed by atoms with E-state index in [1.165, 1.54) is 14.0 Å². The fourth-order valence-corrected chi connectivity index (χ4v) is 1.06. The molecule has 1 amide bonds. The van der Waals surface area contributed by atoms with Crippen LogP contribution in [0.3, 0.4) is 0 Å². The zero-order valence-corrected chi connectivity index (χ0v) is 8.78. The molecule has 0 unspecified atom stereocenters. The van der Waals surface area contributed by atoms with E-state index in [0.717, 1.165) is 0 Å². The van der Waals surface area contributed by atoms with Gasteiger partial charge >= 0.3 is 11.9 Å². The number of aliphatic carboxylic acids is 1. The van der Waals surface area contributed by atoms with Gasteiger partial charge in [-0.2, -0.15) is 0 Å². The summed E-state index contributed by atoms with van der Waals surface area (Å²) in [7, 11) is 1.27. The first-order valence-electron chi connectivity index (χ1n) is 4.54. The monoisotopic (exact) mass is 217 g/mol.